The third-order valence-electron chi connectivity index (χ3n) is 14.8. The molecule has 6 aliphatic rings. The van der Waals surface area contributed by atoms with E-state index < -0.39 is 22.5 Å². The van der Waals surface area contributed by atoms with E-state index in [1.165, 1.54) is 16.0 Å². The summed E-state index contributed by atoms with van der Waals surface area (Å²) in [6.07, 6.45) is 7.12. The number of halogens is 1. The molecule has 2 saturated heterocycles. The Labute approximate surface area is 415 Å². The molecule has 10 rings (SSSR count). The normalized spacial score (nSPS) is 21.2. The Kier molecular flexibility index (Phi) is 15.7. The van der Waals surface area contributed by atoms with Crippen LogP contribution in [-0.4, -0.2) is 114 Å². The Hall–Kier alpha value is -5.82. The minimum Gasteiger partial charge on any atom is -0.448 e. The number of rotatable bonds is 10. The van der Waals surface area contributed by atoms with Gasteiger partial charge in [-0.05, 0) is 95.9 Å². The average Bonchev–Trinajstić information content (AvgIpc) is 4.14. The molecule has 4 aliphatic heterocycles. The summed E-state index contributed by atoms with van der Waals surface area (Å²) in [6, 6.07) is 21.5. The highest BCUT2D eigenvalue weighted by Gasteiger charge is 2.47. The lowest BCUT2D eigenvalue weighted by Crippen LogP contribution is -2.50. The van der Waals surface area contributed by atoms with Crippen LogP contribution in [-0.2, 0) is 51.6 Å². The van der Waals surface area contributed by atoms with Gasteiger partial charge in [0.2, 0.25) is 11.8 Å². The van der Waals surface area contributed by atoms with E-state index in [9.17, 15) is 24.0 Å². The van der Waals surface area contributed by atoms with E-state index in [0.717, 1.165) is 107 Å². The Morgan fingerprint density at radius 3 is 1.87 bits per heavy atom. The van der Waals surface area contributed by atoms with Crippen LogP contribution >= 0.6 is 11.6 Å². The van der Waals surface area contributed by atoms with E-state index in [-0.39, 0.29) is 54.7 Å². The van der Waals surface area contributed by atoms with Crippen molar-refractivity contribution in [3.05, 3.63) is 94.3 Å². The first kappa shape index (κ1) is 50.6. The summed E-state index contributed by atoms with van der Waals surface area (Å²) in [5.41, 5.74) is 10.2. The average molecular weight is 982 g/mol. The molecule has 2 aromatic heterocycles. The maximum absolute atomic E-state index is 13.2. The number of amides is 5. The van der Waals surface area contributed by atoms with Gasteiger partial charge < -0.3 is 36.2 Å². The van der Waals surface area contributed by atoms with Gasteiger partial charge in [-0.25, -0.2) is 9.59 Å². The van der Waals surface area contributed by atoms with Crippen molar-refractivity contribution in [3.8, 4) is 0 Å². The number of aromatic nitrogens is 4. The number of anilines is 2. The largest absolute Gasteiger partial charge is 0.448 e. The summed E-state index contributed by atoms with van der Waals surface area (Å²) in [5.74, 6) is 0.761. The van der Waals surface area contributed by atoms with Crippen molar-refractivity contribution in [3.63, 3.8) is 0 Å². The van der Waals surface area contributed by atoms with Crippen LogP contribution in [0, 0.1) is 11.8 Å². The number of nitrogens with one attached hydrogen (secondary N) is 4. The Morgan fingerprint density at radius 1 is 0.757 bits per heavy atom. The van der Waals surface area contributed by atoms with Gasteiger partial charge in [0.05, 0.1) is 42.2 Å². The number of benzene rings is 2. The lowest BCUT2D eigenvalue weighted by atomic mass is 9.85. The standard InChI is InChI=1S/C24H32N6O2.C16H21ClN4O4.C11H16N2/c1-24(2)20-19(21(28-27-20)26-22(31)17-9-6-10-17)15-30(24)23(32)25-18-11-12-29(14-18)13-16-7-4-3-5-8-16;1-4-25-15(24)21-12(18-13(22)9-6-5-7-9)10-8-20(14(17)23)16(2,3)11(10)19-21;12-11-6-7-13(9-11)8-10-4-2-1-3-5-10/h3-5,7-8,17-18H,6,9-15H2,1-2H3,(H,25,32)(H2,26,27,28,31);9H,4-8H2,1-3H3,(H,18,22);1-5,11H,6-9,12H2/t18-;;11-/m1.1/s1. The number of fused-ring (bicyclic) bond motifs is 2. The first-order valence-electron chi connectivity index (χ1n) is 24.9. The molecule has 2 saturated carbocycles. The molecular formula is C51H69ClN12O6. The van der Waals surface area contributed by atoms with Crippen LogP contribution in [0.15, 0.2) is 60.7 Å². The fourth-order valence-corrected chi connectivity index (χ4v) is 10.3. The van der Waals surface area contributed by atoms with Gasteiger partial charge in [0.1, 0.15) is 5.82 Å². The van der Waals surface area contributed by atoms with Crippen molar-refractivity contribution in [1.29, 1.82) is 0 Å². The second-order valence-corrected chi connectivity index (χ2v) is 20.7. The summed E-state index contributed by atoms with van der Waals surface area (Å²) in [7, 11) is 0. The van der Waals surface area contributed by atoms with Gasteiger partial charge in [-0.1, -0.05) is 73.5 Å². The number of aromatic amines is 1. The van der Waals surface area contributed by atoms with Crippen LogP contribution in [0.3, 0.4) is 0 Å². The zero-order chi connectivity index (χ0) is 49.7. The smallest absolute Gasteiger partial charge is 0.436 e. The van der Waals surface area contributed by atoms with E-state index in [1.807, 2.05) is 24.8 Å². The van der Waals surface area contributed by atoms with E-state index >= 15 is 0 Å². The molecule has 19 heteroatoms. The lowest BCUT2D eigenvalue weighted by molar-refractivity contribution is -0.122. The molecule has 18 nitrogen and oxygen atoms in total. The van der Waals surface area contributed by atoms with E-state index in [1.54, 1.807) is 20.8 Å². The van der Waals surface area contributed by atoms with Gasteiger partial charge in [-0.2, -0.15) is 10.2 Å². The van der Waals surface area contributed by atoms with Gasteiger partial charge in [0, 0.05) is 74.3 Å². The molecule has 4 fully saturated rings. The third-order valence-corrected chi connectivity index (χ3v) is 15.0. The van der Waals surface area contributed by atoms with Gasteiger partial charge in [-0.3, -0.25) is 29.3 Å². The highest BCUT2D eigenvalue weighted by Crippen LogP contribution is 2.43. The molecule has 2 aliphatic carbocycles. The number of nitrogens with two attached hydrogens (primary N) is 1. The minimum atomic E-state index is -0.790. The summed E-state index contributed by atoms with van der Waals surface area (Å²) >= 11 is 5.68. The molecule has 376 valence electrons. The van der Waals surface area contributed by atoms with Gasteiger partial charge in [-0.15, -0.1) is 4.68 Å². The molecule has 0 unspecified atom stereocenters. The fourth-order valence-electron chi connectivity index (χ4n) is 10.1. The van der Waals surface area contributed by atoms with Gasteiger partial charge >= 0.3 is 17.5 Å². The molecule has 0 spiro atoms. The fraction of sp³-hybridized carbons (Fsp3) is 0.549. The molecule has 70 heavy (non-hydrogen) atoms. The zero-order valence-corrected chi connectivity index (χ0v) is 41.9. The first-order chi connectivity index (χ1) is 33.5. The quantitative estimate of drug-likeness (QED) is 0.0778. The molecule has 6 heterocycles. The van der Waals surface area contributed by atoms with Gasteiger partial charge in [0.15, 0.2) is 5.82 Å². The minimum absolute atomic E-state index is 0.0377. The number of hydrogen-bond donors (Lipinski definition) is 5. The maximum atomic E-state index is 13.2. The highest BCUT2D eigenvalue weighted by molar-refractivity contribution is 6.62. The number of urea groups is 1. The van der Waals surface area contributed by atoms with Gasteiger partial charge in [0.25, 0.3) is 0 Å². The van der Waals surface area contributed by atoms with Crippen LogP contribution in [0.5, 0.6) is 0 Å². The second kappa shape index (κ2) is 21.7. The van der Waals surface area contributed by atoms with E-state index in [0.29, 0.717) is 29.7 Å². The molecule has 0 radical (unpaired) electrons. The SMILES string of the molecule is CC1(C)c2[nH]nc(NC(=O)C3CCC3)c2CN1C(=O)N[C@@H]1CCN(Cc2ccccc2)C1.CCOC(=O)n1nc2c(c1NC(=O)C1CCC1)CN(C(=O)Cl)C2(C)C.N[C@@H]1CCN(Cc2ccccc2)C1. The molecule has 6 N–H and O–H groups in total. The molecular weight excluding hydrogens is 912 g/mol. The Balaban J connectivity index is 0.000000153. The van der Waals surface area contributed by atoms with Crippen molar-refractivity contribution in [2.24, 2.45) is 17.6 Å². The Morgan fingerprint density at radius 2 is 1.33 bits per heavy atom. The molecule has 5 amide bonds. The number of likely N-dealkylation sites (tertiary alicyclic amines) is 2. The number of carbonyl (C=O) groups excluding carboxylic acids is 5. The lowest BCUT2D eigenvalue weighted by Gasteiger charge is -2.33. The van der Waals surface area contributed by atoms with Crippen molar-refractivity contribution >= 4 is 52.5 Å². The number of ether oxygens (including phenoxy) is 1. The molecule has 2 aromatic carbocycles. The number of hydrogen-bond acceptors (Lipinski definition) is 11. The number of nitrogens with zero attached hydrogens (tertiary/aromatic N) is 7. The van der Waals surface area contributed by atoms with Crippen LogP contribution in [0.1, 0.15) is 120 Å². The van der Waals surface area contributed by atoms with Crippen LogP contribution in [0.25, 0.3) is 0 Å². The summed E-state index contributed by atoms with van der Waals surface area (Å²) in [4.78, 5) is 70.1. The number of H-pyrrole nitrogens is 1. The predicted octanol–water partition coefficient (Wildman–Crippen LogP) is 7.44. The van der Waals surface area contributed by atoms with Crippen molar-refractivity contribution in [1.82, 2.24) is 44.9 Å². The topological polar surface area (TPSA) is 216 Å². The summed E-state index contributed by atoms with van der Waals surface area (Å²) in [5, 5.41) is 20.2. The molecule has 2 atom stereocenters. The predicted molar refractivity (Wildman–Crippen MR) is 267 cm³/mol. The highest BCUT2D eigenvalue weighted by atomic mass is 35.5. The number of carbonyl (C=O) groups is 5. The summed E-state index contributed by atoms with van der Waals surface area (Å²) in [6.45, 7) is 16.1. The molecule has 4 aromatic rings. The molecule has 0 bridgehead atoms. The van der Waals surface area contributed by atoms with Crippen LogP contribution < -0.4 is 21.7 Å². The Bertz CT molecular complexity index is 2500. The van der Waals surface area contributed by atoms with Crippen molar-refractivity contribution in [2.75, 3.05) is 43.4 Å². The van der Waals surface area contributed by atoms with Crippen LogP contribution in [0.2, 0.25) is 0 Å². The van der Waals surface area contributed by atoms with Crippen LogP contribution in [0.4, 0.5) is 26.0 Å². The van der Waals surface area contributed by atoms with E-state index in [4.69, 9.17) is 22.1 Å². The monoisotopic (exact) mass is 981 g/mol. The van der Waals surface area contributed by atoms with Crippen molar-refractivity contribution in [2.45, 2.75) is 135 Å². The first-order valence-corrected chi connectivity index (χ1v) is 25.2. The second-order valence-electron chi connectivity index (χ2n) is 20.4. The summed E-state index contributed by atoms with van der Waals surface area (Å²) < 4.78 is 6.11. The zero-order valence-electron chi connectivity index (χ0n) is 41.1. The van der Waals surface area contributed by atoms with E-state index in [2.05, 4.69) is 95.6 Å². The third kappa shape index (κ3) is 11.2. The maximum Gasteiger partial charge on any atom is 0.436 e. The van der Waals surface area contributed by atoms with Crippen molar-refractivity contribution < 1.29 is 28.7 Å².